The van der Waals surface area contributed by atoms with Gasteiger partial charge in [-0.25, -0.2) is 6.92 Å². The summed E-state index contributed by atoms with van der Waals surface area (Å²) in [6.45, 7) is 12.2. The smallest absolute Gasteiger partial charge is 0.222 e. The van der Waals surface area contributed by atoms with Crippen molar-refractivity contribution in [2.75, 3.05) is 46.4 Å². The number of nitrogens with zero attached hydrogens (tertiary/aromatic N) is 3. The number of amides is 2. The normalized spacial score (nSPS) is 18.5. The van der Waals surface area contributed by atoms with Crippen molar-refractivity contribution in [2.45, 2.75) is 39.3 Å². The van der Waals surface area contributed by atoms with E-state index in [1.807, 2.05) is 18.9 Å². The Bertz CT molecular complexity index is 363. The number of ether oxygens (including phenoxy) is 1. The quantitative estimate of drug-likeness (QED) is 0.460. The molecule has 22 heavy (non-hydrogen) atoms. The standard InChI is InChI=1S/C16H30N3O3/c1-5-7-16(21)17(4)8-6-9-18(14(2)20)10-11-19-12-13-22-15(19)3/h15H,3,5-13H2,1-2,4H3/q-1/p+1. The van der Waals surface area contributed by atoms with Crippen molar-refractivity contribution >= 4 is 11.8 Å². The van der Waals surface area contributed by atoms with Crippen LogP contribution in [0.2, 0.25) is 0 Å². The van der Waals surface area contributed by atoms with Gasteiger partial charge in [-0.1, -0.05) is 6.92 Å². The molecule has 1 aliphatic heterocycles. The van der Waals surface area contributed by atoms with Gasteiger partial charge in [0.05, 0.1) is 12.8 Å². The van der Waals surface area contributed by atoms with E-state index in [1.165, 1.54) is 0 Å². The molecule has 1 saturated heterocycles. The van der Waals surface area contributed by atoms with Crippen LogP contribution >= 0.6 is 0 Å². The molecule has 0 aliphatic carbocycles. The fourth-order valence-corrected chi connectivity index (χ4v) is 2.56. The van der Waals surface area contributed by atoms with Crippen molar-refractivity contribution in [1.82, 2.24) is 14.7 Å². The summed E-state index contributed by atoms with van der Waals surface area (Å²) in [5.41, 5.74) is 0. The number of rotatable bonds is 9. The predicted octanol–water partition coefficient (Wildman–Crippen LogP) is 0.487. The fraction of sp³-hybridized carbons (Fsp3) is 0.812. The van der Waals surface area contributed by atoms with E-state index in [4.69, 9.17) is 0 Å². The third kappa shape index (κ3) is 6.32. The largest absolute Gasteiger partial charge is 0.443 e. The van der Waals surface area contributed by atoms with E-state index in [1.54, 1.807) is 11.8 Å². The van der Waals surface area contributed by atoms with Crippen molar-refractivity contribution < 1.29 is 14.3 Å². The van der Waals surface area contributed by atoms with Crippen LogP contribution in [-0.2, 0) is 9.59 Å². The number of aliphatic hydroxyl groups is 2. The summed E-state index contributed by atoms with van der Waals surface area (Å²) in [5, 5.41) is 0. The highest BCUT2D eigenvalue weighted by atomic mass is 16.5. The molecule has 6 nitrogen and oxygen atoms in total. The molecule has 1 aliphatic rings. The van der Waals surface area contributed by atoms with Gasteiger partial charge in [-0.15, -0.1) is 0 Å². The van der Waals surface area contributed by atoms with Crippen molar-refractivity contribution in [3.63, 3.8) is 0 Å². The summed E-state index contributed by atoms with van der Waals surface area (Å²) in [7, 11) is 1.83. The van der Waals surface area contributed by atoms with Gasteiger partial charge in [0.2, 0.25) is 11.8 Å². The Morgan fingerprint density at radius 2 is 2.05 bits per heavy atom. The van der Waals surface area contributed by atoms with Crippen LogP contribution in [0.5, 0.6) is 0 Å². The zero-order valence-electron chi connectivity index (χ0n) is 14.3. The van der Waals surface area contributed by atoms with Crippen LogP contribution in [0.25, 0.3) is 0 Å². The van der Waals surface area contributed by atoms with Crippen LogP contribution in [0.15, 0.2) is 0 Å². The van der Waals surface area contributed by atoms with Crippen molar-refractivity contribution in [1.29, 1.82) is 0 Å². The predicted molar refractivity (Wildman–Crippen MR) is 87.2 cm³/mol. The van der Waals surface area contributed by atoms with Gasteiger partial charge in [0.1, 0.15) is 0 Å². The van der Waals surface area contributed by atoms with E-state index in [0.29, 0.717) is 26.1 Å². The Labute approximate surface area is 134 Å². The van der Waals surface area contributed by atoms with Crippen molar-refractivity contribution in [2.24, 2.45) is 0 Å². The molecule has 1 heterocycles. The summed E-state index contributed by atoms with van der Waals surface area (Å²) < 4.78 is 4.33. The maximum absolute atomic E-state index is 11.7. The lowest BCUT2D eigenvalue weighted by molar-refractivity contribution is -0.130. The monoisotopic (exact) mass is 313 g/mol. The molecule has 1 fully saturated rings. The van der Waals surface area contributed by atoms with E-state index in [2.05, 4.69) is 16.6 Å². The topological polar surface area (TPSA) is 56.7 Å². The van der Waals surface area contributed by atoms with E-state index in [9.17, 15) is 9.59 Å². The molecule has 0 aromatic carbocycles. The molecular formula is C16H31N3O3. The minimum absolute atomic E-state index is 0.0200. The Morgan fingerprint density at radius 3 is 2.59 bits per heavy atom. The Hall–Kier alpha value is -1.14. The van der Waals surface area contributed by atoms with E-state index in [0.717, 1.165) is 32.5 Å². The second kappa shape index (κ2) is 9.79. The van der Waals surface area contributed by atoms with E-state index < -0.39 is 0 Å². The van der Waals surface area contributed by atoms with Crippen LogP contribution in [-0.4, -0.2) is 83.9 Å². The van der Waals surface area contributed by atoms with Gasteiger partial charge in [-0.3, -0.25) is 14.5 Å². The van der Waals surface area contributed by atoms with Crippen molar-refractivity contribution in [3.8, 4) is 0 Å². The summed E-state index contributed by atoms with van der Waals surface area (Å²) in [5.74, 6) is 0.259. The highest BCUT2D eigenvalue weighted by Gasteiger charge is 2.21. The lowest BCUT2D eigenvalue weighted by Gasteiger charge is -2.27. The zero-order valence-corrected chi connectivity index (χ0v) is 14.3. The van der Waals surface area contributed by atoms with Gasteiger partial charge in [-0.2, -0.15) is 0 Å². The first-order chi connectivity index (χ1) is 10.5. The minimum Gasteiger partial charge on any atom is -0.443 e. The highest BCUT2D eigenvalue weighted by molar-refractivity contribution is 5.75. The van der Waals surface area contributed by atoms with Gasteiger partial charge in [-0.05, 0) is 12.8 Å². The second-order valence-electron chi connectivity index (χ2n) is 5.85. The molecule has 1 atom stereocenters. The highest BCUT2D eigenvalue weighted by Crippen LogP contribution is 2.06. The van der Waals surface area contributed by atoms with Gasteiger partial charge in [0, 0.05) is 46.6 Å². The van der Waals surface area contributed by atoms with Gasteiger partial charge >= 0.3 is 0 Å². The molecule has 0 saturated carbocycles. The maximum Gasteiger partial charge on any atom is 0.222 e. The van der Waals surface area contributed by atoms with Crippen LogP contribution in [0, 0.1) is 6.92 Å². The van der Waals surface area contributed by atoms with Gasteiger partial charge < -0.3 is 14.5 Å². The molecule has 0 bridgehead atoms. The molecular weight excluding hydrogens is 282 g/mol. The summed E-state index contributed by atoms with van der Waals surface area (Å²) >= 11 is 0. The first kappa shape index (κ1) is 18.9. The van der Waals surface area contributed by atoms with Gasteiger partial charge in [0.15, 0.2) is 6.61 Å². The average molecular weight is 313 g/mol. The Kier molecular flexibility index (Phi) is 8.42. The van der Waals surface area contributed by atoms with Crippen LogP contribution in [0.4, 0.5) is 0 Å². The Balaban J connectivity index is 2.29. The first-order valence-corrected chi connectivity index (χ1v) is 8.19. The number of hydrogen-bond acceptors (Lipinski definition) is 3. The lowest BCUT2D eigenvalue weighted by atomic mass is 10.3. The first-order valence-electron chi connectivity index (χ1n) is 8.19. The fourth-order valence-electron chi connectivity index (χ4n) is 2.56. The molecule has 1 N–H and O–H groups in total. The average Bonchev–Trinajstić information content (AvgIpc) is 2.87. The third-order valence-corrected chi connectivity index (χ3v) is 4.06. The minimum atomic E-state index is 0.0200. The SMILES string of the molecule is [CH2-]C1[OH+]CCN1CCN(CCCN(C)C(=O)CCC)C(C)=O. The van der Waals surface area contributed by atoms with Crippen LogP contribution < -0.4 is 0 Å². The van der Waals surface area contributed by atoms with Crippen LogP contribution in [0.3, 0.4) is 0 Å². The number of carbonyl (C=O) groups excluding carboxylic acids is 2. The molecule has 6 heteroatoms. The summed E-state index contributed by atoms with van der Waals surface area (Å²) in [6.07, 6.45) is 2.29. The molecule has 0 aromatic heterocycles. The van der Waals surface area contributed by atoms with Crippen LogP contribution in [0.1, 0.15) is 33.1 Å². The molecule has 0 aromatic rings. The molecule has 0 radical (unpaired) electrons. The van der Waals surface area contributed by atoms with E-state index in [-0.39, 0.29) is 18.0 Å². The summed E-state index contributed by atoms with van der Waals surface area (Å²) in [4.78, 5) is 29.2. The Morgan fingerprint density at radius 1 is 1.32 bits per heavy atom. The molecule has 1 rings (SSSR count). The second-order valence-corrected chi connectivity index (χ2v) is 5.85. The van der Waals surface area contributed by atoms with E-state index >= 15 is 0 Å². The number of hydrogen-bond donors (Lipinski definition) is 0. The summed E-state index contributed by atoms with van der Waals surface area (Å²) in [6, 6.07) is 0. The molecule has 2 amide bonds. The maximum atomic E-state index is 11.7. The van der Waals surface area contributed by atoms with Gasteiger partial charge in [0.25, 0.3) is 0 Å². The third-order valence-electron chi connectivity index (χ3n) is 4.06. The van der Waals surface area contributed by atoms with Crippen molar-refractivity contribution in [3.05, 3.63) is 6.92 Å². The lowest BCUT2D eigenvalue weighted by Crippen LogP contribution is -2.40. The number of carbonyl (C=O) groups is 2. The molecule has 1 unspecified atom stereocenters. The molecule has 0 spiro atoms. The zero-order chi connectivity index (χ0) is 16.5. The molecule has 128 valence electrons.